The molecular weight excluding hydrogens is 377 g/mol. The molecule has 1 unspecified atom stereocenters. The van der Waals surface area contributed by atoms with Crippen molar-refractivity contribution in [2.45, 2.75) is 20.0 Å². The van der Waals surface area contributed by atoms with Crippen LogP contribution in [0.1, 0.15) is 13.8 Å². The molecule has 28 heavy (non-hydrogen) atoms. The highest BCUT2D eigenvalue weighted by molar-refractivity contribution is 5.76. The monoisotopic (exact) mass is 411 g/mol. The third-order valence-electron chi connectivity index (χ3n) is 3.04. The number of ketones is 1. The first-order valence-corrected chi connectivity index (χ1v) is 9.36. The Kier molecular flexibility index (Phi) is 19.7. The third-order valence-corrected chi connectivity index (χ3v) is 3.04. The molecular formula is C18H34FNO8. The summed E-state index contributed by atoms with van der Waals surface area (Å²) in [5.74, 6) is -0.274. The van der Waals surface area contributed by atoms with Crippen LogP contribution in [0.25, 0.3) is 0 Å². The molecule has 0 aromatic carbocycles. The topological polar surface area (TPSA) is 102 Å². The first kappa shape index (κ1) is 26.8. The lowest BCUT2D eigenvalue weighted by Gasteiger charge is -2.10. The molecule has 0 saturated heterocycles. The maximum absolute atomic E-state index is 13.2. The Labute approximate surface area is 166 Å². The van der Waals surface area contributed by atoms with Gasteiger partial charge in [0, 0.05) is 6.92 Å². The molecule has 0 radical (unpaired) electrons. The molecule has 0 bridgehead atoms. The molecule has 0 saturated carbocycles. The van der Waals surface area contributed by atoms with Gasteiger partial charge in [-0.1, -0.05) is 0 Å². The summed E-state index contributed by atoms with van der Waals surface area (Å²) in [4.78, 5) is 21.3. The number of rotatable bonds is 21. The van der Waals surface area contributed by atoms with Crippen molar-refractivity contribution in [3.05, 3.63) is 0 Å². The van der Waals surface area contributed by atoms with Crippen LogP contribution < -0.4 is 5.32 Å². The van der Waals surface area contributed by atoms with Crippen molar-refractivity contribution < 1.29 is 42.4 Å². The summed E-state index contributed by atoms with van der Waals surface area (Å²) in [6.45, 7) is 6.91. The quantitative estimate of drug-likeness (QED) is 0.266. The van der Waals surface area contributed by atoms with E-state index in [-0.39, 0.29) is 38.1 Å². The van der Waals surface area contributed by atoms with E-state index in [1.807, 2.05) is 0 Å². The summed E-state index contributed by atoms with van der Waals surface area (Å²) in [7, 11) is 0. The largest absolute Gasteiger partial charge is 0.377 e. The molecule has 9 nitrogen and oxygen atoms in total. The van der Waals surface area contributed by atoms with Gasteiger partial charge < -0.3 is 33.7 Å². The zero-order valence-corrected chi connectivity index (χ0v) is 16.9. The van der Waals surface area contributed by atoms with Crippen molar-refractivity contribution >= 4 is 11.7 Å². The van der Waals surface area contributed by atoms with Crippen molar-refractivity contribution in [3.63, 3.8) is 0 Å². The van der Waals surface area contributed by atoms with Crippen LogP contribution in [-0.4, -0.2) is 104 Å². The maximum Gasteiger partial charge on any atom is 0.216 e. The fourth-order valence-electron chi connectivity index (χ4n) is 1.74. The number of Topliss-reactive ketones (excluding diaryl/α,β-unsaturated/α-hetero) is 1. The van der Waals surface area contributed by atoms with Crippen molar-refractivity contribution in [3.8, 4) is 0 Å². The van der Waals surface area contributed by atoms with Gasteiger partial charge in [-0.2, -0.15) is 0 Å². The van der Waals surface area contributed by atoms with E-state index in [9.17, 15) is 14.0 Å². The van der Waals surface area contributed by atoms with Gasteiger partial charge >= 0.3 is 0 Å². The Balaban J connectivity index is 3.10. The second kappa shape index (κ2) is 20.6. The molecule has 0 aliphatic heterocycles. The summed E-state index contributed by atoms with van der Waals surface area (Å²) in [6.07, 6.45) is -1.22. The molecule has 0 rings (SSSR count). The van der Waals surface area contributed by atoms with Gasteiger partial charge in [0.2, 0.25) is 5.91 Å². The number of hydrogen-bond donors (Lipinski definition) is 1. The highest BCUT2D eigenvalue weighted by Crippen LogP contribution is 1.91. The third kappa shape index (κ3) is 22.9. The van der Waals surface area contributed by atoms with Crippen LogP contribution in [0.2, 0.25) is 0 Å². The summed E-state index contributed by atoms with van der Waals surface area (Å²) >= 11 is 0. The van der Waals surface area contributed by atoms with Gasteiger partial charge in [-0.05, 0) is 6.92 Å². The average molecular weight is 411 g/mol. The molecule has 1 amide bonds. The normalized spacial score (nSPS) is 12.1. The summed E-state index contributed by atoms with van der Waals surface area (Å²) in [5.41, 5.74) is 0. The smallest absolute Gasteiger partial charge is 0.216 e. The van der Waals surface area contributed by atoms with Crippen LogP contribution >= 0.6 is 0 Å². The minimum absolute atomic E-state index is 0.00719. The summed E-state index contributed by atoms with van der Waals surface area (Å²) < 4.78 is 44.6. The Morgan fingerprint density at radius 3 is 1.50 bits per heavy atom. The number of hydrogen-bond acceptors (Lipinski definition) is 8. The second-order valence-corrected chi connectivity index (χ2v) is 5.81. The first-order valence-electron chi connectivity index (χ1n) is 9.36. The number of ether oxygens (including phenoxy) is 6. The van der Waals surface area contributed by atoms with E-state index in [0.29, 0.717) is 59.5 Å². The fourth-order valence-corrected chi connectivity index (χ4v) is 1.74. The Hall–Kier alpha value is -1.17. The number of carbonyl (C=O) groups excluding carboxylic acids is 2. The summed E-state index contributed by atoms with van der Waals surface area (Å²) in [6, 6.07) is 0. The molecule has 0 heterocycles. The molecule has 0 aliphatic carbocycles. The zero-order chi connectivity index (χ0) is 20.9. The van der Waals surface area contributed by atoms with E-state index in [1.165, 1.54) is 13.8 Å². The van der Waals surface area contributed by atoms with E-state index in [0.717, 1.165) is 0 Å². The van der Waals surface area contributed by atoms with E-state index in [1.54, 1.807) is 0 Å². The van der Waals surface area contributed by atoms with Crippen LogP contribution in [-0.2, 0) is 38.0 Å². The van der Waals surface area contributed by atoms with Crippen LogP contribution in [0.3, 0.4) is 0 Å². The average Bonchev–Trinajstić information content (AvgIpc) is 2.65. The van der Waals surface area contributed by atoms with Gasteiger partial charge in [0.1, 0.15) is 12.8 Å². The first-order chi connectivity index (χ1) is 13.5. The highest BCUT2D eigenvalue weighted by atomic mass is 19.1. The van der Waals surface area contributed by atoms with Crippen LogP contribution in [0.5, 0.6) is 0 Å². The van der Waals surface area contributed by atoms with Crippen LogP contribution in [0.15, 0.2) is 0 Å². The molecule has 166 valence electrons. The van der Waals surface area contributed by atoms with E-state index in [2.05, 4.69) is 5.32 Å². The van der Waals surface area contributed by atoms with E-state index < -0.39 is 6.17 Å². The molecule has 1 N–H and O–H groups in total. The van der Waals surface area contributed by atoms with E-state index >= 15 is 0 Å². The predicted molar refractivity (Wildman–Crippen MR) is 99.2 cm³/mol. The number of amides is 1. The Morgan fingerprint density at radius 1 is 0.714 bits per heavy atom. The highest BCUT2D eigenvalue weighted by Gasteiger charge is 2.06. The van der Waals surface area contributed by atoms with Gasteiger partial charge in [0.15, 0.2) is 5.78 Å². The van der Waals surface area contributed by atoms with Crippen molar-refractivity contribution in [2.75, 3.05) is 85.8 Å². The second-order valence-electron chi connectivity index (χ2n) is 5.81. The predicted octanol–water partition coefficient (Wildman–Crippen LogP) is 0.149. The molecule has 0 spiro atoms. The van der Waals surface area contributed by atoms with Crippen molar-refractivity contribution in [2.24, 2.45) is 0 Å². The molecule has 0 fully saturated rings. The molecule has 1 atom stereocenters. The minimum atomic E-state index is -1.22. The molecule has 0 aliphatic rings. The van der Waals surface area contributed by atoms with Crippen LogP contribution in [0.4, 0.5) is 4.39 Å². The zero-order valence-electron chi connectivity index (χ0n) is 16.9. The molecule has 0 aromatic rings. The van der Waals surface area contributed by atoms with Gasteiger partial charge in [0.25, 0.3) is 0 Å². The van der Waals surface area contributed by atoms with Gasteiger partial charge in [-0.25, -0.2) is 4.39 Å². The number of alkyl halides is 1. The molecule has 0 aromatic heterocycles. The van der Waals surface area contributed by atoms with Crippen LogP contribution in [0, 0.1) is 0 Å². The standard InChI is InChI=1S/C18H34FNO8/c1-16(21)14-27-11-9-25-7-5-23-3-4-24-6-8-26-10-12-28-15-18(19)13-20-17(2)22/h18H,3-15H2,1-2H3,(H,20,22). The lowest BCUT2D eigenvalue weighted by atomic mass is 10.4. The van der Waals surface area contributed by atoms with Gasteiger partial charge in [0.05, 0.1) is 79.2 Å². The number of carbonyl (C=O) groups is 2. The van der Waals surface area contributed by atoms with E-state index in [4.69, 9.17) is 28.4 Å². The molecule has 10 heteroatoms. The van der Waals surface area contributed by atoms with Gasteiger partial charge in [-0.15, -0.1) is 0 Å². The lowest BCUT2D eigenvalue weighted by Crippen LogP contribution is -2.30. The summed E-state index contributed by atoms with van der Waals surface area (Å²) in [5, 5.41) is 2.38. The van der Waals surface area contributed by atoms with Gasteiger partial charge in [-0.3, -0.25) is 9.59 Å². The maximum atomic E-state index is 13.2. The van der Waals surface area contributed by atoms with Crippen molar-refractivity contribution in [1.29, 1.82) is 0 Å². The lowest BCUT2D eigenvalue weighted by molar-refractivity contribution is -0.122. The Morgan fingerprint density at radius 2 is 1.11 bits per heavy atom. The number of halogens is 1. The SMILES string of the molecule is CC(=O)COCCOCCOCCOCCOCCOCC(F)CNC(C)=O. The fraction of sp³-hybridized carbons (Fsp3) is 0.889. The number of nitrogens with one attached hydrogen (secondary N) is 1. The Bertz CT molecular complexity index is 387. The van der Waals surface area contributed by atoms with Crippen molar-refractivity contribution in [1.82, 2.24) is 5.32 Å². The minimum Gasteiger partial charge on any atom is -0.377 e.